The fraction of sp³-hybridized carbons (Fsp3) is 0.647. The van der Waals surface area contributed by atoms with E-state index in [4.69, 9.17) is 15.2 Å². The summed E-state index contributed by atoms with van der Waals surface area (Å²) in [7, 11) is 0. The maximum Gasteiger partial charge on any atom is 0.161 e. The van der Waals surface area contributed by atoms with Crippen LogP contribution in [0.5, 0.6) is 11.5 Å². The quantitative estimate of drug-likeness (QED) is 0.899. The molecule has 1 heterocycles. The van der Waals surface area contributed by atoms with E-state index in [9.17, 15) is 0 Å². The molecule has 20 heavy (non-hydrogen) atoms. The molecule has 1 aromatic carbocycles. The molecule has 2 aliphatic rings. The molecule has 110 valence electrons. The molecule has 3 nitrogen and oxygen atoms in total. The van der Waals surface area contributed by atoms with E-state index in [2.05, 4.69) is 26.0 Å². The first kappa shape index (κ1) is 13.7. The lowest BCUT2D eigenvalue weighted by Gasteiger charge is -2.40. The molecule has 0 amide bonds. The zero-order chi connectivity index (χ0) is 14.2. The fourth-order valence-electron chi connectivity index (χ4n) is 3.54. The summed E-state index contributed by atoms with van der Waals surface area (Å²) in [6.07, 6.45) is 4.66. The second kappa shape index (κ2) is 5.28. The lowest BCUT2D eigenvalue weighted by molar-refractivity contribution is 0.167. The third kappa shape index (κ3) is 2.51. The Balaban J connectivity index is 1.87. The van der Waals surface area contributed by atoms with Gasteiger partial charge in [0.2, 0.25) is 0 Å². The van der Waals surface area contributed by atoms with Gasteiger partial charge >= 0.3 is 0 Å². The van der Waals surface area contributed by atoms with Crippen LogP contribution in [0.3, 0.4) is 0 Å². The van der Waals surface area contributed by atoms with Gasteiger partial charge in [0.1, 0.15) is 13.2 Å². The predicted octanol–water partition coefficient (Wildman–Crippen LogP) is 3.46. The van der Waals surface area contributed by atoms with E-state index in [1.54, 1.807) is 0 Å². The van der Waals surface area contributed by atoms with Crippen molar-refractivity contribution in [2.45, 2.75) is 45.1 Å². The summed E-state index contributed by atoms with van der Waals surface area (Å²) in [6.45, 7) is 5.87. The molecule has 0 aromatic heterocycles. The molecular formula is C17H25NO2. The van der Waals surface area contributed by atoms with Crippen molar-refractivity contribution in [1.29, 1.82) is 0 Å². The molecule has 2 unspecified atom stereocenters. The number of benzene rings is 1. The largest absolute Gasteiger partial charge is 0.486 e. The Hall–Kier alpha value is -1.22. The van der Waals surface area contributed by atoms with Gasteiger partial charge in [-0.3, -0.25) is 0 Å². The minimum atomic E-state index is -0.205. The topological polar surface area (TPSA) is 44.5 Å². The van der Waals surface area contributed by atoms with Crippen LogP contribution in [0.25, 0.3) is 0 Å². The Morgan fingerprint density at radius 1 is 1.20 bits per heavy atom. The summed E-state index contributed by atoms with van der Waals surface area (Å²) in [6, 6.07) is 6.23. The van der Waals surface area contributed by atoms with E-state index >= 15 is 0 Å². The van der Waals surface area contributed by atoms with Gasteiger partial charge in [-0.2, -0.15) is 0 Å². The maximum absolute atomic E-state index is 6.75. The molecule has 2 atom stereocenters. The first-order chi connectivity index (χ1) is 9.58. The molecule has 1 aromatic rings. The van der Waals surface area contributed by atoms with Crippen LogP contribution in [0.1, 0.15) is 45.1 Å². The molecule has 3 rings (SSSR count). The van der Waals surface area contributed by atoms with Crippen molar-refractivity contribution in [2.75, 3.05) is 13.2 Å². The van der Waals surface area contributed by atoms with Crippen LogP contribution in [-0.4, -0.2) is 13.2 Å². The first-order valence-electron chi connectivity index (χ1n) is 7.77. The molecule has 1 aliphatic carbocycles. The van der Waals surface area contributed by atoms with Crippen molar-refractivity contribution in [2.24, 2.45) is 17.6 Å². The number of fused-ring (bicyclic) bond motifs is 1. The second-order valence-electron chi connectivity index (χ2n) is 6.62. The number of nitrogens with two attached hydrogens (primary N) is 1. The maximum atomic E-state index is 6.75. The Bertz CT molecular complexity index is 486. The van der Waals surface area contributed by atoms with Gasteiger partial charge in [-0.1, -0.05) is 32.8 Å². The summed E-state index contributed by atoms with van der Waals surface area (Å²) >= 11 is 0. The van der Waals surface area contributed by atoms with Crippen LogP contribution in [-0.2, 0) is 5.54 Å². The minimum Gasteiger partial charge on any atom is -0.486 e. The van der Waals surface area contributed by atoms with Gasteiger partial charge in [-0.15, -0.1) is 0 Å². The summed E-state index contributed by atoms with van der Waals surface area (Å²) in [5, 5.41) is 0. The van der Waals surface area contributed by atoms with Crippen molar-refractivity contribution in [1.82, 2.24) is 0 Å². The highest BCUT2D eigenvalue weighted by atomic mass is 16.6. The van der Waals surface area contributed by atoms with Crippen molar-refractivity contribution in [3.05, 3.63) is 23.8 Å². The van der Waals surface area contributed by atoms with Crippen molar-refractivity contribution >= 4 is 0 Å². The first-order valence-corrected chi connectivity index (χ1v) is 7.77. The number of hydrogen-bond donors (Lipinski definition) is 1. The number of rotatable bonds is 2. The SMILES string of the molecule is CC(C)C1CCCC(N)(c2ccc3c(c2)OCCO3)C1. The highest BCUT2D eigenvalue weighted by Gasteiger charge is 2.36. The van der Waals surface area contributed by atoms with E-state index in [0.29, 0.717) is 19.1 Å². The fourth-order valence-corrected chi connectivity index (χ4v) is 3.54. The smallest absolute Gasteiger partial charge is 0.161 e. The van der Waals surface area contributed by atoms with E-state index in [1.165, 1.54) is 18.4 Å². The van der Waals surface area contributed by atoms with Gasteiger partial charge in [0, 0.05) is 5.54 Å². The van der Waals surface area contributed by atoms with Gasteiger partial charge < -0.3 is 15.2 Å². The molecule has 3 heteroatoms. The third-order valence-corrected chi connectivity index (χ3v) is 4.88. The lowest BCUT2D eigenvalue weighted by Crippen LogP contribution is -2.42. The van der Waals surface area contributed by atoms with Crippen LogP contribution in [0.4, 0.5) is 0 Å². The second-order valence-corrected chi connectivity index (χ2v) is 6.62. The normalized spacial score (nSPS) is 29.5. The van der Waals surface area contributed by atoms with Crippen LogP contribution < -0.4 is 15.2 Å². The molecule has 1 fully saturated rings. The molecule has 1 saturated carbocycles. The molecule has 0 saturated heterocycles. The van der Waals surface area contributed by atoms with E-state index in [-0.39, 0.29) is 5.54 Å². The standard InChI is InChI=1S/C17H25NO2/c1-12(2)13-4-3-7-17(18,11-13)14-5-6-15-16(10-14)20-9-8-19-15/h5-6,10,12-13H,3-4,7-9,11,18H2,1-2H3. The van der Waals surface area contributed by atoms with Crippen LogP contribution >= 0.6 is 0 Å². The highest BCUT2D eigenvalue weighted by Crippen LogP contribution is 2.43. The average molecular weight is 275 g/mol. The minimum absolute atomic E-state index is 0.205. The van der Waals surface area contributed by atoms with Crippen LogP contribution in [0, 0.1) is 11.8 Å². The van der Waals surface area contributed by atoms with E-state index in [1.807, 2.05) is 6.07 Å². The molecule has 0 spiro atoms. The number of ether oxygens (including phenoxy) is 2. The van der Waals surface area contributed by atoms with Gasteiger partial charge in [0.25, 0.3) is 0 Å². The molecule has 2 N–H and O–H groups in total. The molecule has 0 bridgehead atoms. The molecule has 1 aliphatic heterocycles. The van der Waals surface area contributed by atoms with Gasteiger partial charge in [-0.05, 0) is 42.4 Å². The summed E-state index contributed by atoms with van der Waals surface area (Å²) in [5.74, 6) is 3.13. The monoisotopic (exact) mass is 275 g/mol. The third-order valence-electron chi connectivity index (χ3n) is 4.88. The summed E-state index contributed by atoms with van der Waals surface area (Å²) < 4.78 is 11.3. The molecule has 0 radical (unpaired) electrons. The van der Waals surface area contributed by atoms with Gasteiger partial charge in [0.05, 0.1) is 0 Å². The van der Waals surface area contributed by atoms with Crippen molar-refractivity contribution < 1.29 is 9.47 Å². The van der Waals surface area contributed by atoms with Crippen molar-refractivity contribution in [3.8, 4) is 11.5 Å². The predicted molar refractivity (Wildman–Crippen MR) is 80.1 cm³/mol. The Labute approximate surface area is 121 Å². The average Bonchev–Trinajstić information content (AvgIpc) is 2.47. The Kier molecular flexibility index (Phi) is 3.63. The van der Waals surface area contributed by atoms with Gasteiger partial charge in [-0.25, -0.2) is 0 Å². The summed E-state index contributed by atoms with van der Waals surface area (Å²) in [4.78, 5) is 0. The van der Waals surface area contributed by atoms with E-state index < -0.39 is 0 Å². The van der Waals surface area contributed by atoms with Gasteiger partial charge in [0.15, 0.2) is 11.5 Å². The van der Waals surface area contributed by atoms with Crippen LogP contribution in [0.2, 0.25) is 0 Å². The Morgan fingerprint density at radius 2 is 1.95 bits per heavy atom. The lowest BCUT2D eigenvalue weighted by atomic mass is 9.69. The summed E-state index contributed by atoms with van der Waals surface area (Å²) in [5.41, 5.74) is 7.74. The zero-order valence-electron chi connectivity index (χ0n) is 12.5. The van der Waals surface area contributed by atoms with E-state index in [0.717, 1.165) is 30.3 Å². The Morgan fingerprint density at radius 3 is 2.70 bits per heavy atom. The highest BCUT2D eigenvalue weighted by molar-refractivity contribution is 5.46. The van der Waals surface area contributed by atoms with Crippen molar-refractivity contribution in [3.63, 3.8) is 0 Å². The number of hydrogen-bond acceptors (Lipinski definition) is 3. The zero-order valence-corrected chi connectivity index (χ0v) is 12.5. The molecular weight excluding hydrogens is 250 g/mol. The van der Waals surface area contributed by atoms with Crippen LogP contribution in [0.15, 0.2) is 18.2 Å².